The predicted molar refractivity (Wildman–Crippen MR) is 115 cm³/mol. The van der Waals surface area contributed by atoms with Gasteiger partial charge in [0.2, 0.25) is 0 Å². The van der Waals surface area contributed by atoms with E-state index >= 15 is 0 Å². The number of carbonyl (C=O) groups excluding carboxylic acids is 2. The van der Waals surface area contributed by atoms with E-state index in [0.717, 1.165) is 30.4 Å². The van der Waals surface area contributed by atoms with Gasteiger partial charge in [0.15, 0.2) is 5.78 Å². The summed E-state index contributed by atoms with van der Waals surface area (Å²) in [5, 5.41) is 2.98. The van der Waals surface area contributed by atoms with Gasteiger partial charge in [-0.2, -0.15) is 0 Å². The lowest BCUT2D eigenvalue weighted by atomic mass is 9.75. The molecule has 1 amide bonds. The topological polar surface area (TPSA) is 105 Å². The number of halogens is 1. The molecule has 6 nitrogen and oxygen atoms in total. The molecule has 4 rings (SSSR count). The van der Waals surface area contributed by atoms with Crippen LogP contribution in [-0.4, -0.2) is 16.7 Å². The number of aromatic amines is 1. The second kappa shape index (κ2) is 7.67. The van der Waals surface area contributed by atoms with Crippen molar-refractivity contribution in [2.24, 2.45) is 5.41 Å². The number of rotatable bonds is 2. The number of Topliss-reactive ketones (excluding diaryl/α,β-unsaturated/α-hetero) is 1. The molecule has 4 N–H and O–H groups in total. The zero-order valence-electron chi connectivity index (χ0n) is 16.6. The van der Waals surface area contributed by atoms with Crippen molar-refractivity contribution in [2.45, 2.75) is 52.0 Å². The Kier molecular flexibility index (Phi) is 5.59. The number of hydrogen-bond donors (Lipinski definition) is 3. The molecule has 1 aromatic carbocycles. The lowest BCUT2D eigenvalue weighted by molar-refractivity contribution is 0.0910. The number of nitrogens with two attached hydrogens (primary N) is 1. The molecule has 7 heteroatoms. The van der Waals surface area contributed by atoms with Crippen molar-refractivity contribution in [3.05, 3.63) is 62.6 Å². The van der Waals surface area contributed by atoms with Crippen molar-refractivity contribution in [1.29, 1.82) is 0 Å². The Morgan fingerprint density at radius 1 is 1.21 bits per heavy atom. The monoisotopic (exact) mass is 415 g/mol. The summed E-state index contributed by atoms with van der Waals surface area (Å²) in [6.07, 6.45) is 3.69. The third-order valence-corrected chi connectivity index (χ3v) is 5.75. The lowest BCUT2D eigenvalue weighted by Crippen LogP contribution is -2.36. The molecule has 1 heterocycles. The van der Waals surface area contributed by atoms with Crippen LogP contribution in [0.1, 0.15) is 76.7 Å². The number of nitrogen functional groups attached to an aromatic ring is 1. The molecule has 0 spiro atoms. The van der Waals surface area contributed by atoms with Gasteiger partial charge in [-0.25, -0.2) is 0 Å². The van der Waals surface area contributed by atoms with E-state index < -0.39 is 11.5 Å². The first-order valence-electron chi connectivity index (χ1n) is 9.72. The number of carbonyl (C=O) groups is 2. The average molecular weight is 416 g/mol. The fourth-order valence-electron chi connectivity index (χ4n) is 4.42. The maximum Gasteiger partial charge on any atom is 0.261 e. The minimum absolute atomic E-state index is 0. The number of benzene rings is 1. The molecule has 0 saturated carbocycles. The molecule has 1 atom stereocenters. The molecule has 0 bridgehead atoms. The highest BCUT2D eigenvalue weighted by molar-refractivity contribution is 6.02. The largest absolute Gasteiger partial charge is 0.399 e. The number of hydrogen-bond acceptors (Lipinski definition) is 4. The molecule has 2 aromatic rings. The molecule has 2 aliphatic rings. The fourth-order valence-corrected chi connectivity index (χ4v) is 4.42. The van der Waals surface area contributed by atoms with Crippen LogP contribution in [0.4, 0.5) is 5.69 Å². The van der Waals surface area contributed by atoms with Gasteiger partial charge >= 0.3 is 0 Å². The summed E-state index contributed by atoms with van der Waals surface area (Å²) in [6.45, 7) is 4.00. The van der Waals surface area contributed by atoms with Gasteiger partial charge in [-0.05, 0) is 60.4 Å². The SMILES string of the molecule is CC1(C)CC(=O)c2cc(C(=O)NC3CCCc4cc(N)ccc43)c(=O)[nH]c2C1.Cl. The van der Waals surface area contributed by atoms with Gasteiger partial charge in [0, 0.05) is 23.4 Å². The second-order valence-corrected chi connectivity index (χ2v) is 8.72. The highest BCUT2D eigenvalue weighted by Gasteiger charge is 2.33. The fraction of sp³-hybridized carbons (Fsp3) is 0.409. The van der Waals surface area contributed by atoms with Gasteiger partial charge in [-0.15, -0.1) is 12.4 Å². The average Bonchev–Trinajstić information content (AvgIpc) is 2.60. The number of anilines is 1. The molecule has 29 heavy (non-hydrogen) atoms. The summed E-state index contributed by atoms with van der Waals surface area (Å²) in [4.78, 5) is 40.7. The van der Waals surface area contributed by atoms with Crippen molar-refractivity contribution in [3.63, 3.8) is 0 Å². The van der Waals surface area contributed by atoms with E-state index in [2.05, 4.69) is 10.3 Å². The zero-order chi connectivity index (χ0) is 20.1. The maximum absolute atomic E-state index is 12.9. The number of amides is 1. The molecular formula is C22H26ClN3O3. The van der Waals surface area contributed by atoms with Crippen LogP contribution in [0, 0.1) is 5.41 Å². The smallest absolute Gasteiger partial charge is 0.261 e. The number of H-pyrrole nitrogens is 1. The first-order chi connectivity index (χ1) is 13.2. The Bertz CT molecular complexity index is 1040. The molecule has 154 valence electrons. The van der Waals surface area contributed by atoms with Gasteiger partial charge < -0.3 is 16.0 Å². The van der Waals surface area contributed by atoms with Crippen LogP contribution in [0.5, 0.6) is 0 Å². The third-order valence-electron chi connectivity index (χ3n) is 5.75. The van der Waals surface area contributed by atoms with Gasteiger partial charge in [0.1, 0.15) is 5.56 Å². The summed E-state index contributed by atoms with van der Waals surface area (Å²) in [6, 6.07) is 7.02. The number of nitrogens with one attached hydrogen (secondary N) is 2. The number of pyridine rings is 1. The Labute approximate surface area is 175 Å². The first kappa shape index (κ1) is 21.1. The van der Waals surface area contributed by atoms with E-state index in [0.29, 0.717) is 29.8 Å². The molecule has 1 aromatic heterocycles. The standard InChI is InChI=1S/C22H25N3O3.ClH/c1-22(2)10-18-15(19(26)11-22)9-16(21(28)25-18)20(27)24-17-5-3-4-12-8-13(23)6-7-14(12)17;/h6-9,17H,3-5,10-11,23H2,1-2H3,(H,24,27)(H,25,28);1H. The lowest BCUT2D eigenvalue weighted by Gasteiger charge is -2.30. The van der Waals surface area contributed by atoms with Crippen LogP contribution in [-0.2, 0) is 12.8 Å². The number of aromatic nitrogens is 1. The van der Waals surface area contributed by atoms with Crippen LogP contribution in [0.25, 0.3) is 0 Å². The molecule has 1 unspecified atom stereocenters. The summed E-state index contributed by atoms with van der Waals surface area (Å²) in [5.74, 6) is -0.480. The van der Waals surface area contributed by atoms with Crippen LogP contribution in [0.2, 0.25) is 0 Å². The summed E-state index contributed by atoms with van der Waals surface area (Å²) in [5.41, 5.74) is 9.19. The van der Waals surface area contributed by atoms with Crippen LogP contribution in [0.3, 0.4) is 0 Å². The maximum atomic E-state index is 12.9. The molecule has 0 aliphatic heterocycles. The van der Waals surface area contributed by atoms with Crippen LogP contribution >= 0.6 is 12.4 Å². The minimum atomic E-state index is -0.449. The molecular weight excluding hydrogens is 390 g/mol. The highest BCUT2D eigenvalue weighted by atomic mass is 35.5. The van der Waals surface area contributed by atoms with E-state index in [4.69, 9.17) is 5.73 Å². The van der Waals surface area contributed by atoms with Gasteiger partial charge in [-0.3, -0.25) is 14.4 Å². The Balaban J connectivity index is 0.00000240. The minimum Gasteiger partial charge on any atom is -0.399 e. The highest BCUT2D eigenvalue weighted by Crippen LogP contribution is 2.34. The van der Waals surface area contributed by atoms with E-state index in [1.807, 2.05) is 32.0 Å². The normalized spacial score (nSPS) is 19.5. The van der Waals surface area contributed by atoms with Gasteiger partial charge in [0.25, 0.3) is 11.5 Å². The second-order valence-electron chi connectivity index (χ2n) is 8.72. The number of aryl methyl sites for hydroxylation is 1. The van der Waals surface area contributed by atoms with Crippen molar-refractivity contribution in [2.75, 3.05) is 5.73 Å². The summed E-state index contributed by atoms with van der Waals surface area (Å²) >= 11 is 0. The van der Waals surface area contributed by atoms with Crippen LogP contribution < -0.4 is 16.6 Å². The van der Waals surface area contributed by atoms with E-state index in [9.17, 15) is 14.4 Å². The molecule has 0 radical (unpaired) electrons. The Hall–Kier alpha value is -2.60. The first-order valence-corrected chi connectivity index (χ1v) is 9.72. The van der Waals surface area contributed by atoms with Crippen molar-refractivity contribution in [3.8, 4) is 0 Å². The number of fused-ring (bicyclic) bond motifs is 2. The summed E-state index contributed by atoms with van der Waals surface area (Å²) < 4.78 is 0. The summed E-state index contributed by atoms with van der Waals surface area (Å²) in [7, 11) is 0. The number of ketones is 1. The quantitative estimate of drug-likeness (QED) is 0.654. The van der Waals surface area contributed by atoms with Crippen LogP contribution in [0.15, 0.2) is 29.1 Å². The van der Waals surface area contributed by atoms with Gasteiger partial charge in [0.05, 0.1) is 6.04 Å². The van der Waals surface area contributed by atoms with Gasteiger partial charge in [-0.1, -0.05) is 19.9 Å². The van der Waals surface area contributed by atoms with E-state index in [-0.39, 0.29) is 35.2 Å². The zero-order valence-corrected chi connectivity index (χ0v) is 17.4. The van der Waals surface area contributed by atoms with E-state index in [1.165, 1.54) is 6.07 Å². The third kappa shape index (κ3) is 4.08. The van der Waals surface area contributed by atoms with E-state index in [1.54, 1.807) is 0 Å². The molecule has 0 fully saturated rings. The van der Waals surface area contributed by atoms with Crippen molar-refractivity contribution >= 4 is 29.8 Å². The molecule has 2 aliphatic carbocycles. The molecule has 0 saturated heterocycles. The predicted octanol–water partition coefficient (Wildman–Crippen LogP) is 3.34. The Morgan fingerprint density at radius 2 is 1.97 bits per heavy atom. The van der Waals surface area contributed by atoms with Crippen molar-refractivity contribution in [1.82, 2.24) is 10.3 Å². The Morgan fingerprint density at radius 3 is 2.72 bits per heavy atom. The van der Waals surface area contributed by atoms with Crippen molar-refractivity contribution < 1.29 is 9.59 Å².